The van der Waals surface area contributed by atoms with Crippen molar-refractivity contribution in [3.8, 4) is 5.88 Å². The molecule has 0 amide bonds. The Morgan fingerprint density at radius 1 is 0.976 bits per heavy atom. The molecule has 0 aliphatic carbocycles. The summed E-state index contributed by atoms with van der Waals surface area (Å²) in [6, 6.07) is 23.7. The maximum atomic E-state index is 13.1. The van der Waals surface area contributed by atoms with Gasteiger partial charge in [-0.05, 0) is 67.6 Å². The van der Waals surface area contributed by atoms with Crippen LogP contribution in [0.15, 0.2) is 72.8 Å². The molecule has 0 saturated carbocycles. The number of aromatic nitrogens is 1. The van der Waals surface area contributed by atoms with Gasteiger partial charge < -0.3 is 10.1 Å². The first-order chi connectivity index (χ1) is 20.0. The molecule has 1 unspecified atom stereocenters. The quantitative estimate of drug-likeness (QED) is 0.207. The van der Waals surface area contributed by atoms with Crippen LogP contribution in [0.1, 0.15) is 47.9 Å². The Morgan fingerprint density at radius 2 is 1.57 bits per heavy atom. The van der Waals surface area contributed by atoms with E-state index in [9.17, 15) is 21.6 Å². The number of rotatable bonds is 8. The summed E-state index contributed by atoms with van der Waals surface area (Å²) in [5.74, 6) is 0.326. The highest BCUT2D eigenvalue weighted by Crippen LogP contribution is 2.37. The number of hydrogen-bond acceptors (Lipinski definition) is 5. The summed E-state index contributed by atoms with van der Waals surface area (Å²) in [4.78, 5) is 4.67. The summed E-state index contributed by atoms with van der Waals surface area (Å²) in [5, 5.41) is 4.93. The number of sulfonamides is 1. The van der Waals surface area contributed by atoms with E-state index in [1.165, 1.54) is 0 Å². The Morgan fingerprint density at radius 3 is 2.17 bits per heavy atom. The fourth-order valence-corrected chi connectivity index (χ4v) is 6.45. The normalized spacial score (nSPS) is 16.0. The maximum Gasteiger partial charge on any atom is 0.511 e. The van der Waals surface area contributed by atoms with E-state index in [1.807, 2.05) is 50.2 Å². The van der Waals surface area contributed by atoms with Gasteiger partial charge in [0.25, 0.3) is 0 Å². The molecule has 4 aromatic rings. The second-order valence-corrected chi connectivity index (χ2v) is 12.7. The van der Waals surface area contributed by atoms with Gasteiger partial charge in [-0.3, -0.25) is 0 Å². The molecular formula is C31H31ClF3N3O3S. The molecule has 0 spiro atoms. The third kappa shape index (κ3) is 6.35. The minimum Gasteiger partial charge on any atom is -0.478 e. The standard InChI is InChI=1S/C31H31ClF3N3O3S/c1-3-41-29-19-28(36-25-14-16-38(17-15-25)42(39,40)31(33,34)35)26-18-23(10-13-27(26)37-29)30(21-6-4-20(2)5-7-21)22-8-11-24(32)12-9-22/h4-13,18-19,25,30H,3,14-17H2,1-2H3,(H,36,37). The van der Waals surface area contributed by atoms with Gasteiger partial charge in [-0.2, -0.15) is 17.5 Å². The number of nitrogens with zero attached hydrogens (tertiary/aromatic N) is 2. The third-order valence-electron chi connectivity index (χ3n) is 7.49. The summed E-state index contributed by atoms with van der Waals surface area (Å²) >= 11 is 6.20. The number of fused-ring (bicyclic) bond motifs is 1. The zero-order valence-corrected chi connectivity index (χ0v) is 24.7. The van der Waals surface area contributed by atoms with Crippen molar-refractivity contribution in [2.75, 3.05) is 25.0 Å². The van der Waals surface area contributed by atoms with E-state index in [4.69, 9.17) is 16.3 Å². The molecule has 1 aliphatic heterocycles. The monoisotopic (exact) mass is 617 g/mol. The Hall–Kier alpha value is -3.34. The maximum absolute atomic E-state index is 13.1. The zero-order chi connectivity index (χ0) is 30.1. The first-order valence-electron chi connectivity index (χ1n) is 13.7. The molecule has 3 aromatic carbocycles. The number of alkyl halides is 3. The minimum atomic E-state index is -5.35. The zero-order valence-electron chi connectivity index (χ0n) is 23.2. The van der Waals surface area contributed by atoms with Crippen molar-refractivity contribution in [2.24, 2.45) is 0 Å². The summed E-state index contributed by atoms with van der Waals surface area (Å²) in [5.41, 5.74) is 0.455. The van der Waals surface area contributed by atoms with Gasteiger partial charge in [0.2, 0.25) is 5.88 Å². The average molecular weight is 618 g/mol. The van der Waals surface area contributed by atoms with Gasteiger partial charge in [0, 0.05) is 47.2 Å². The highest BCUT2D eigenvalue weighted by atomic mass is 35.5. The van der Waals surface area contributed by atoms with Crippen molar-refractivity contribution in [1.29, 1.82) is 0 Å². The average Bonchev–Trinajstić information content (AvgIpc) is 2.95. The van der Waals surface area contributed by atoms with Gasteiger partial charge in [-0.15, -0.1) is 0 Å². The van der Waals surface area contributed by atoms with E-state index >= 15 is 0 Å². The van der Waals surface area contributed by atoms with Gasteiger partial charge in [0.1, 0.15) is 0 Å². The summed E-state index contributed by atoms with van der Waals surface area (Å²) in [6.07, 6.45) is 0.444. The summed E-state index contributed by atoms with van der Waals surface area (Å²) < 4.78 is 69.2. The Balaban J connectivity index is 1.51. The Kier molecular flexibility index (Phi) is 8.68. The van der Waals surface area contributed by atoms with Crippen molar-refractivity contribution in [1.82, 2.24) is 9.29 Å². The number of nitrogens with one attached hydrogen (secondary N) is 1. The van der Waals surface area contributed by atoms with Gasteiger partial charge >= 0.3 is 15.5 Å². The van der Waals surface area contributed by atoms with Crippen LogP contribution >= 0.6 is 11.6 Å². The van der Waals surface area contributed by atoms with Crippen molar-refractivity contribution >= 4 is 38.2 Å². The first kappa shape index (κ1) is 30.1. The topological polar surface area (TPSA) is 71.5 Å². The lowest BCUT2D eigenvalue weighted by Gasteiger charge is -2.32. The van der Waals surface area contributed by atoms with Crippen molar-refractivity contribution in [3.63, 3.8) is 0 Å². The molecule has 1 aliphatic rings. The Labute approximate surface area is 248 Å². The van der Waals surface area contributed by atoms with Crippen molar-refractivity contribution in [2.45, 2.75) is 44.2 Å². The number of benzene rings is 3. The molecule has 1 aromatic heterocycles. The fraction of sp³-hybridized carbons (Fsp3) is 0.323. The molecular weight excluding hydrogens is 587 g/mol. The molecule has 222 valence electrons. The highest BCUT2D eigenvalue weighted by Gasteiger charge is 2.50. The number of hydrogen-bond donors (Lipinski definition) is 1. The molecule has 1 atom stereocenters. The minimum absolute atomic E-state index is 0.0949. The summed E-state index contributed by atoms with van der Waals surface area (Å²) in [6.45, 7) is 3.86. The van der Waals surface area contributed by atoms with E-state index in [0.29, 0.717) is 27.3 Å². The molecule has 5 rings (SSSR count). The largest absolute Gasteiger partial charge is 0.511 e. The molecule has 1 fully saturated rings. The van der Waals surface area contributed by atoms with E-state index in [1.54, 1.807) is 6.07 Å². The van der Waals surface area contributed by atoms with Crippen molar-refractivity contribution in [3.05, 3.63) is 100 Å². The molecule has 11 heteroatoms. The van der Waals surface area contributed by atoms with Crippen LogP contribution in [-0.4, -0.2) is 49.0 Å². The lowest BCUT2D eigenvalue weighted by atomic mass is 9.84. The lowest BCUT2D eigenvalue weighted by Crippen LogP contribution is -2.47. The van der Waals surface area contributed by atoms with Crippen LogP contribution in [0, 0.1) is 6.92 Å². The molecule has 0 radical (unpaired) electrons. The second kappa shape index (κ2) is 12.1. The third-order valence-corrected chi connectivity index (χ3v) is 9.38. The highest BCUT2D eigenvalue weighted by molar-refractivity contribution is 7.90. The number of aryl methyl sites for hydroxylation is 1. The van der Waals surface area contributed by atoms with Crippen LogP contribution in [0.25, 0.3) is 10.9 Å². The SMILES string of the molecule is CCOc1cc(NC2CCN(S(=O)(=O)C(F)(F)F)CC2)c2cc(C(c3ccc(C)cc3)c3ccc(Cl)cc3)ccc2n1. The first-order valence-corrected chi connectivity index (χ1v) is 15.5. The molecule has 6 nitrogen and oxygen atoms in total. The molecule has 42 heavy (non-hydrogen) atoms. The van der Waals surface area contributed by atoms with Crippen LogP contribution < -0.4 is 10.1 Å². The Bertz CT molecular complexity index is 1610. The molecule has 1 saturated heterocycles. The smallest absolute Gasteiger partial charge is 0.478 e. The number of halogens is 4. The van der Waals surface area contributed by atoms with Gasteiger partial charge in [0.05, 0.1) is 12.1 Å². The number of anilines is 1. The molecule has 1 N–H and O–H groups in total. The van der Waals surface area contributed by atoms with E-state index < -0.39 is 15.5 Å². The molecule has 0 bridgehead atoms. The second-order valence-electron chi connectivity index (χ2n) is 10.4. The van der Waals surface area contributed by atoms with Gasteiger partial charge in [-0.1, -0.05) is 59.6 Å². The predicted molar refractivity (Wildman–Crippen MR) is 160 cm³/mol. The summed E-state index contributed by atoms with van der Waals surface area (Å²) in [7, 11) is -5.35. The van der Waals surface area contributed by atoms with Crippen molar-refractivity contribution < 1.29 is 26.3 Å². The lowest BCUT2D eigenvalue weighted by molar-refractivity contribution is -0.0494. The van der Waals surface area contributed by atoms with Crippen LogP contribution in [0.5, 0.6) is 5.88 Å². The van der Waals surface area contributed by atoms with E-state index in [0.717, 1.165) is 33.3 Å². The van der Waals surface area contributed by atoms with E-state index in [2.05, 4.69) is 40.6 Å². The number of piperidine rings is 1. The fourth-order valence-electron chi connectivity index (χ4n) is 5.34. The van der Waals surface area contributed by atoms with Crippen LogP contribution in [0.3, 0.4) is 0 Å². The van der Waals surface area contributed by atoms with E-state index in [-0.39, 0.29) is 37.9 Å². The van der Waals surface area contributed by atoms with Gasteiger partial charge in [-0.25, -0.2) is 13.4 Å². The number of ether oxygens (including phenoxy) is 1. The van der Waals surface area contributed by atoms with Crippen LogP contribution in [-0.2, 0) is 10.0 Å². The number of pyridine rings is 1. The van der Waals surface area contributed by atoms with Crippen LogP contribution in [0.4, 0.5) is 18.9 Å². The van der Waals surface area contributed by atoms with Gasteiger partial charge in [0.15, 0.2) is 0 Å². The molecule has 2 heterocycles. The van der Waals surface area contributed by atoms with Crippen LogP contribution in [0.2, 0.25) is 5.02 Å². The predicted octanol–water partition coefficient (Wildman–Crippen LogP) is 7.50.